The van der Waals surface area contributed by atoms with E-state index in [1.165, 1.54) is 0 Å². The highest BCUT2D eigenvalue weighted by atomic mass is 19.4. The van der Waals surface area contributed by atoms with Crippen molar-refractivity contribution in [1.82, 2.24) is 4.98 Å². The number of carboxylic acid groups (broad SMARTS) is 1. The molecule has 12 heteroatoms. The van der Waals surface area contributed by atoms with Crippen molar-refractivity contribution in [2.75, 3.05) is 18.5 Å². The number of halogens is 3. The summed E-state index contributed by atoms with van der Waals surface area (Å²) in [6.07, 6.45) is -4.59. The summed E-state index contributed by atoms with van der Waals surface area (Å²) < 4.78 is 48.0. The Hall–Kier alpha value is -3.70. The van der Waals surface area contributed by atoms with Crippen molar-refractivity contribution >= 4 is 23.6 Å². The number of aromatic amines is 1. The van der Waals surface area contributed by atoms with Gasteiger partial charge in [-0.1, -0.05) is 6.92 Å². The van der Waals surface area contributed by atoms with Crippen LogP contribution >= 0.6 is 0 Å². The van der Waals surface area contributed by atoms with Gasteiger partial charge < -0.3 is 29.6 Å². The van der Waals surface area contributed by atoms with Gasteiger partial charge in [-0.05, 0) is 70.9 Å². The van der Waals surface area contributed by atoms with Crippen LogP contribution in [0.15, 0.2) is 24.3 Å². The maximum atomic E-state index is 12.7. The number of H-pyrrole nitrogens is 1. The maximum Gasteiger partial charge on any atom is 0.490 e. The van der Waals surface area contributed by atoms with Gasteiger partial charge in [0.05, 0.1) is 25.3 Å². The van der Waals surface area contributed by atoms with Gasteiger partial charge in [-0.3, -0.25) is 0 Å². The van der Waals surface area contributed by atoms with Crippen LogP contribution in [0.4, 0.5) is 18.9 Å². The number of carbonyl (C=O) groups excluding carboxylic acids is 2. The number of hydrogen-bond acceptors (Lipinski definition) is 7. The van der Waals surface area contributed by atoms with Gasteiger partial charge in [0.1, 0.15) is 17.0 Å². The molecular formula is C25H33F3N2O7. The van der Waals surface area contributed by atoms with Gasteiger partial charge in [-0.15, -0.1) is 0 Å². The van der Waals surface area contributed by atoms with Crippen molar-refractivity contribution in [3.8, 4) is 5.75 Å². The first-order chi connectivity index (χ1) is 17.1. The van der Waals surface area contributed by atoms with Crippen LogP contribution < -0.4 is 10.1 Å². The fourth-order valence-corrected chi connectivity index (χ4v) is 3.06. The largest absolute Gasteiger partial charge is 0.494 e. The Morgan fingerprint density at radius 2 is 1.54 bits per heavy atom. The predicted molar refractivity (Wildman–Crippen MR) is 130 cm³/mol. The monoisotopic (exact) mass is 530 g/mol. The summed E-state index contributed by atoms with van der Waals surface area (Å²) in [7, 11) is 0. The lowest BCUT2D eigenvalue weighted by molar-refractivity contribution is -0.192. The molecule has 1 heterocycles. The Morgan fingerprint density at radius 3 is 1.97 bits per heavy atom. The van der Waals surface area contributed by atoms with E-state index in [0.717, 1.165) is 11.4 Å². The van der Waals surface area contributed by atoms with Crippen LogP contribution in [0, 0.1) is 0 Å². The van der Waals surface area contributed by atoms with Gasteiger partial charge in [-0.2, -0.15) is 13.2 Å². The highest BCUT2D eigenvalue weighted by Gasteiger charge is 2.38. The van der Waals surface area contributed by atoms with Crippen LogP contribution in [0.5, 0.6) is 5.75 Å². The van der Waals surface area contributed by atoms with E-state index in [9.17, 15) is 22.8 Å². The van der Waals surface area contributed by atoms with Crippen molar-refractivity contribution in [2.24, 2.45) is 0 Å². The van der Waals surface area contributed by atoms with Crippen molar-refractivity contribution in [3.63, 3.8) is 0 Å². The fraction of sp³-hybridized carbons (Fsp3) is 0.480. The van der Waals surface area contributed by atoms with E-state index >= 15 is 0 Å². The number of aromatic nitrogens is 1. The maximum absolute atomic E-state index is 12.7. The van der Waals surface area contributed by atoms with E-state index < -0.39 is 29.7 Å². The molecule has 0 bridgehead atoms. The smallest absolute Gasteiger partial charge is 0.490 e. The molecule has 206 valence electrons. The number of rotatable bonds is 9. The SMILES string of the molecule is CCOC(=O)c1c(CNc2ccc(OCC)cc2)[nH]c(C(=O)OC(C)(C)C)c1CC.O=C(O)C(F)(F)F. The molecular weight excluding hydrogens is 497 g/mol. The molecule has 0 fully saturated rings. The van der Waals surface area contributed by atoms with Crippen LogP contribution in [0.25, 0.3) is 0 Å². The normalized spacial score (nSPS) is 11.2. The van der Waals surface area contributed by atoms with Gasteiger partial charge in [0.25, 0.3) is 0 Å². The van der Waals surface area contributed by atoms with E-state index in [1.54, 1.807) is 27.7 Å². The van der Waals surface area contributed by atoms with E-state index in [2.05, 4.69) is 10.3 Å². The summed E-state index contributed by atoms with van der Waals surface area (Å²) >= 11 is 0. The Balaban J connectivity index is 0.000000856. The van der Waals surface area contributed by atoms with Crippen molar-refractivity contribution < 1.29 is 46.9 Å². The number of aliphatic carboxylic acids is 1. The number of esters is 2. The lowest BCUT2D eigenvalue weighted by atomic mass is 10.1. The minimum atomic E-state index is -5.08. The molecule has 0 spiro atoms. The van der Waals surface area contributed by atoms with E-state index in [-0.39, 0.29) is 6.61 Å². The Kier molecular flexibility index (Phi) is 11.5. The van der Waals surface area contributed by atoms with Crippen molar-refractivity contribution in [1.29, 1.82) is 0 Å². The average molecular weight is 531 g/mol. The summed E-state index contributed by atoms with van der Waals surface area (Å²) in [6.45, 7) is 12.2. The summed E-state index contributed by atoms with van der Waals surface area (Å²) in [5.41, 5.74) is 2.08. The lowest BCUT2D eigenvalue weighted by Crippen LogP contribution is -2.24. The Bertz CT molecular complexity index is 1060. The molecule has 1 aromatic heterocycles. The average Bonchev–Trinajstić information content (AvgIpc) is 3.16. The van der Waals surface area contributed by atoms with E-state index in [1.807, 2.05) is 38.1 Å². The van der Waals surface area contributed by atoms with Crippen LogP contribution in [0.3, 0.4) is 0 Å². The zero-order valence-electron chi connectivity index (χ0n) is 21.7. The molecule has 0 amide bonds. The van der Waals surface area contributed by atoms with Gasteiger partial charge >= 0.3 is 24.1 Å². The number of benzene rings is 1. The molecule has 0 atom stereocenters. The molecule has 0 aliphatic heterocycles. The fourth-order valence-electron chi connectivity index (χ4n) is 3.06. The molecule has 9 nitrogen and oxygen atoms in total. The number of alkyl halides is 3. The van der Waals surface area contributed by atoms with Crippen LogP contribution in [0.1, 0.15) is 73.6 Å². The second-order valence-electron chi connectivity index (χ2n) is 8.52. The highest BCUT2D eigenvalue weighted by Crippen LogP contribution is 2.25. The third-order valence-electron chi connectivity index (χ3n) is 4.49. The number of anilines is 1. The highest BCUT2D eigenvalue weighted by molar-refractivity contribution is 5.99. The molecule has 1 aromatic carbocycles. The molecule has 0 aliphatic carbocycles. The standard InChI is InChI=1S/C23H32N2O5.C2HF3O2/c1-7-17-19(21(26)29-9-3)18(25-20(17)22(27)30-23(4,5)6)14-24-15-10-12-16(13-11-15)28-8-2;3-2(4,5)1(6)7/h10-13,24-25H,7-9,14H2,1-6H3;(H,6,7). The molecule has 3 N–H and O–H groups in total. The molecule has 0 saturated carbocycles. The summed E-state index contributed by atoms with van der Waals surface area (Å²) in [4.78, 5) is 37.4. The van der Waals surface area contributed by atoms with Crippen LogP contribution in [-0.4, -0.2) is 53.0 Å². The van der Waals surface area contributed by atoms with Crippen molar-refractivity contribution in [3.05, 3.63) is 46.8 Å². The zero-order valence-corrected chi connectivity index (χ0v) is 21.7. The van der Waals surface area contributed by atoms with Crippen LogP contribution in [0.2, 0.25) is 0 Å². The summed E-state index contributed by atoms with van der Waals surface area (Å²) in [5, 5.41) is 10.4. The quantitative estimate of drug-likeness (QED) is 0.370. The number of carbonyl (C=O) groups is 3. The molecule has 0 radical (unpaired) electrons. The lowest BCUT2D eigenvalue weighted by Gasteiger charge is -2.19. The number of carboxylic acids is 1. The Labute approximate surface area is 213 Å². The predicted octanol–water partition coefficient (Wildman–Crippen LogP) is 5.35. The first-order valence-electron chi connectivity index (χ1n) is 11.6. The van der Waals surface area contributed by atoms with E-state index in [0.29, 0.717) is 42.1 Å². The van der Waals surface area contributed by atoms with Gasteiger partial charge in [-0.25, -0.2) is 14.4 Å². The molecule has 37 heavy (non-hydrogen) atoms. The van der Waals surface area contributed by atoms with Crippen molar-refractivity contribution in [2.45, 2.75) is 66.3 Å². The zero-order chi connectivity index (χ0) is 28.4. The second-order valence-corrected chi connectivity index (χ2v) is 8.52. The first kappa shape index (κ1) is 31.3. The minimum absolute atomic E-state index is 0.251. The third-order valence-corrected chi connectivity index (χ3v) is 4.49. The van der Waals surface area contributed by atoms with Gasteiger partial charge in [0, 0.05) is 11.4 Å². The first-order valence-corrected chi connectivity index (χ1v) is 11.6. The molecule has 0 unspecified atom stereocenters. The molecule has 0 saturated heterocycles. The minimum Gasteiger partial charge on any atom is -0.494 e. The van der Waals surface area contributed by atoms with Gasteiger partial charge in [0.2, 0.25) is 0 Å². The third kappa shape index (κ3) is 10.1. The summed E-state index contributed by atoms with van der Waals surface area (Å²) in [6, 6.07) is 7.54. The van der Waals surface area contributed by atoms with E-state index in [4.69, 9.17) is 24.1 Å². The van der Waals surface area contributed by atoms with Crippen LogP contribution in [-0.2, 0) is 27.2 Å². The Morgan fingerprint density at radius 1 is 0.973 bits per heavy atom. The van der Waals surface area contributed by atoms with Gasteiger partial charge in [0.15, 0.2) is 0 Å². The number of ether oxygens (including phenoxy) is 3. The topological polar surface area (TPSA) is 127 Å². The molecule has 0 aliphatic rings. The number of nitrogens with one attached hydrogen (secondary N) is 2. The number of hydrogen-bond donors (Lipinski definition) is 3. The summed E-state index contributed by atoms with van der Waals surface area (Å²) in [5.74, 6) is -2.91. The molecule has 2 rings (SSSR count). The molecule has 2 aromatic rings. The second kappa shape index (κ2) is 13.6.